The molecule has 0 aliphatic carbocycles. The van der Waals surface area contributed by atoms with Gasteiger partial charge in [0.05, 0.1) is 11.2 Å². The summed E-state index contributed by atoms with van der Waals surface area (Å²) in [5.41, 5.74) is 2.30. The molecule has 130 valence electrons. The first kappa shape index (κ1) is 17.6. The van der Waals surface area contributed by atoms with Crippen LogP contribution >= 0.6 is 0 Å². The SMILES string of the molecule is Cc1cc(C(=O)Nc2ccc(B3OC(C)(C)C(C)(C)O3)cc2)ccn1. The minimum Gasteiger partial charge on any atom is -0.399 e. The summed E-state index contributed by atoms with van der Waals surface area (Å²) < 4.78 is 12.1. The van der Waals surface area contributed by atoms with Crippen LogP contribution in [-0.2, 0) is 9.31 Å². The van der Waals surface area contributed by atoms with Crippen LogP contribution in [0, 0.1) is 6.92 Å². The number of benzene rings is 1. The van der Waals surface area contributed by atoms with E-state index in [1.807, 2.05) is 58.9 Å². The number of hydrogen-bond donors (Lipinski definition) is 1. The molecule has 0 unspecified atom stereocenters. The largest absolute Gasteiger partial charge is 0.494 e. The fraction of sp³-hybridized carbons (Fsp3) is 0.368. The van der Waals surface area contributed by atoms with Gasteiger partial charge in [-0.05, 0) is 64.3 Å². The lowest BCUT2D eigenvalue weighted by Crippen LogP contribution is -2.41. The van der Waals surface area contributed by atoms with Gasteiger partial charge in [0.25, 0.3) is 5.91 Å². The van der Waals surface area contributed by atoms with Crippen molar-refractivity contribution in [2.24, 2.45) is 0 Å². The highest BCUT2D eigenvalue weighted by molar-refractivity contribution is 6.62. The van der Waals surface area contributed by atoms with Gasteiger partial charge < -0.3 is 14.6 Å². The third kappa shape index (κ3) is 3.60. The fourth-order valence-corrected chi connectivity index (χ4v) is 2.59. The zero-order chi connectivity index (χ0) is 18.2. The number of carbonyl (C=O) groups is 1. The number of aromatic nitrogens is 1. The Hall–Kier alpha value is -2.18. The average molecular weight is 338 g/mol. The molecular formula is C19H23BN2O3. The third-order valence-corrected chi connectivity index (χ3v) is 4.85. The molecule has 1 aliphatic heterocycles. The van der Waals surface area contributed by atoms with Crippen molar-refractivity contribution in [3.63, 3.8) is 0 Å². The highest BCUT2D eigenvalue weighted by Crippen LogP contribution is 2.36. The number of amides is 1. The quantitative estimate of drug-likeness (QED) is 0.874. The van der Waals surface area contributed by atoms with Crippen LogP contribution in [0.2, 0.25) is 0 Å². The Morgan fingerprint density at radius 1 is 1.04 bits per heavy atom. The molecule has 1 saturated heterocycles. The summed E-state index contributed by atoms with van der Waals surface area (Å²) in [5, 5.41) is 2.89. The van der Waals surface area contributed by atoms with Gasteiger partial charge in [0.1, 0.15) is 0 Å². The summed E-state index contributed by atoms with van der Waals surface area (Å²) in [6.45, 7) is 9.96. The predicted molar refractivity (Wildman–Crippen MR) is 99.1 cm³/mol. The number of nitrogens with one attached hydrogen (secondary N) is 1. The standard InChI is InChI=1S/C19H23BN2O3/c1-13-12-14(10-11-21-13)17(23)22-16-8-6-15(7-9-16)20-24-18(2,3)19(4,5)25-20/h6-12H,1-5H3,(H,22,23). The maximum absolute atomic E-state index is 12.3. The first-order chi connectivity index (χ1) is 11.7. The van der Waals surface area contributed by atoms with Crippen LogP contribution in [0.15, 0.2) is 42.6 Å². The van der Waals surface area contributed by atoms with Crippen molar-refractivity contribution in [3.8, 4) is 0 Å². The van der Waals surface area contributed by atoms with Gasteiger partial charge in [-0.3, -0.25) is 9.78 Å². The lowest BCUT2D eigenvalue weighted by atomic mass is 9.79. The number of rotatable bonds is 3. The molecule has 0 atom stereocenters. The number of pyridine rings is 1. The number of carbonyl (C=O) groups excluding carboxylic acids is 1. The van der Waals surface area contributed by atoms with Gasteiger partial charge in [0, 0.05) is 23.1 Å². The normalized spacial score (nSPS) is 18.2. The molecule has 1 N–H and O–H groups in total. The Bertz CT molecular complexity index is 772. The molecule has 0 bridgehead atoms. The van der Waals surface area contributed by atoms with Crippen LogP contribution in [-0.4, -0.2) is 29.2 Å². The lowest BCUT2D eigenvalue weighted by Gasteiger charge is -2.32. The molecule has 1 aromatic heterocycles. The molecule has 0 radical (unpaired) electrons. The summed E-state index contributed by atoms with van der Waals surface area (Å²) >= 11 is 0. The molecule has 25 heavy (non-hydrogen) atoms. The van der Waals surface area contributed by atoms with Crippen LogP contribution in [0.3, 0.4) is 0 Å². The Balaban J connectivity index is 1.70. The molecule has 0 saturated carbocycles. The van der Waals surface area contributed by atoms with E-state index in [9.17, 15) is 4.79 Å². The summed E-state index contributed by atoms with van der Waals surface area (Å²) in [7, 11) is -0.405. The Morgan fingerprint density at radius 2 is 1.64 bits per heavy atom. The second-order valence-electron chi connectivity index (χ2n) is 7.35. The molecule has 1 amide bonds. The van der Waals surface area contributed by atoms with Gasteiger partial charge in [-0.15, -0.1) is 0 Å². The topological polar surface area (TPSA) is 60.5 Å². The molecule has 2 heterocycles. The van der Waals surface area contributed by atoms with E-state index >= 15 is 0 Å². The maximum Gasteiger partial charge on any atom is 0.494 e. The Labute approximate surface area is 148 Å². The van der Waals surface area contributed by atoms with Gasteiger partial charge in [0.2, 0.25) is 0 Å². The van der Waals surface area contributed by atoms with E-state index in [0.29, 0.717) is 5.56 Å². The van der Waals surface area contributed by atoms with E-state index < -0.39 is 7.12 Å². The molecular weight excluding hydrogens is 315 g/mol. The van der Waals surface area contributed by atoms with Crippen LogP contribution in [0.5, 0.6) is 0 Å². The van der Waals surface area contributed by atoms with Crippen molar-refractivity contribution in [2.45, 2.75) is 45.8 Å². The van der Waals surface area contributed by atoms with Crippen LogP contribution < -0.4 is 10.8 Å². The Morgan fingerprint density at radius 3 is 2.20 bits per heavy atom. The van der Waals surface area contributed by atoms with E-state index in [2.05, 4.69) is 10.3 Å². The van der Waals surface area contributed by atoms with Crippen molar-refractivity contribution >= 4 is 24.2 Å². The maximum atomic E-state index is 12.3. The first-order valence-corrected chi connectivity index (χ1v) is 8.37. The van der Waals surface area contributed by atoms with Crippen LogP contribution in [0.1, 0.15) is 43.7 Å². The zero-order valence-corrected chi connectivity index (χ0v) is 15.3. The molecule has 1 aliphatic rings. The van der Waals surface area contributed by atoms with Gasteiger partial charge >= 0.3 is 7.12 Å². The van der Waals surface area contributed by atoms with Gasteiger partial charge in [-0.1, -0.05) is 12.1 Å². The molecule has 2 aromatic rings. The number of nitrogens with zero attached hydrogens (tertiary/aromatic N) is 1. The van der Waals surface area contributed by atoms with Crippen molar-refractivity contribution in [3.05, 3.63) is 53.9 Å². The van der Waals surface area contributed by atoms with E-state index in [0.717, 1.165) is 16.8 Å². The summed E-state index contributed by atoms with van der Waals surface area (Å²) in [6, 6.07) is 11.0. The Kier molecular flexibility index (Phi) is 4.43. The molecule has 3 rings (SSSR count). The van der Waals surface area contributed by atoms with E-state index in [1.54, 1.807) is 18.3 Å². The number of aryl methyl sites for hydroxylation is 1. The third-order valence-electron chi connectivity index (χ3n) is 4.85. The molecule has 0 spiro atoms. The van der Waals surface area contributed by atoms with Gasteiger partial charge in [0.15, 0.2) is 0 Å². The smallest absolute Gasteiger partial charge is 0.399 e. The minimum atomic E-state index is -0.405. The zero-order valence-electron chi connectivity index (χ0n) is 15.3. The number of hydrogen-bond acceptors (Lipinski definition) is 4. The number of anilines is 1. The second kappa shape index (κ2) is 6.28. The van der Waals surface area contributed by atoms with Crippen molar-refractivity contribution in [2.75, 3.05) is 5.32 Å². The van der Waals surface area contributed by atoms with Crippen LogP contribution in [0.4, 0.5) is 5.69 Å². The van der Waals surface area contributed by atoms with Crippen molar-refractivity contribution < 1.29 is 14.1 Å². The molecule has 1 fully saturated rings. The molecule has 1 aromatic carbocycles. The van der Waals surface area contributed by atoms with Gasteiger partial charge in [-0.25, -0.2) is 0 Å². The minimum absolute atomic E-state index is 0.158. The van der Waals surface area contributed by atoms with Crippen LogP contribution in [0.25, 0.3) is 0 Å². The molecule has 5 nitrogen and oxygen atoms in total. The monoisotopic (exact) mass is 338 g/mol. The van der Waals surface area contributed by atoms with Crippen molar-refractivity contribution in [1.29, 1.82) is 0 Å². The molecule has 6 heteroatoms. The average Bonchev–Trinajstić information content (AvgIpc) is 2.76. The van der Waals surface area contributed by atoms with Crippen molar-refractivity contribution in [1.82, 2.24) is 4.98 Å². The predicted octanol–water partition coefficient (Wildman–Crippen LogP) is 2.94. The van der Waals surface area contributed by atoms with E-state index in [1.165, 1.54) is 0 Å². The summed E-state index contributed by atoms with van der Waals surface area (Å²) in [6.07, 6.45) is 1.63. The van der Waals surface area contributed by atoms with E-state index in [-0.39, 0.29) is 17.1 Å². The summed E-state index contributed by atoms with van der Waals surface area (Å²) in [5.74, 6) is -0.158. The van der Waals surface area contributed by atoms with Gasteiger partial charge in [-0.2, -0.15) is 0 Å². The highest BCUT2D eigenvalue weighted by Gasteiger charge is 2.51. The second-order valence-corrected chi connectivity index (χ2v) is 7.35. The highest BCUT2D eigenvalue weighted by atomic mass is 16.7. The van der Waals surface area contributed by atoms with E-state index in [4.69, 9.17) is 9.31 Å². The lowest BCUT2D eigenvalue weighted by molar-refractivity contribution is 0.00578. The first-order valence-electron chi connectivity index (χ1n) is 8.37. The summed E-state index contributed by atoms with van der Waals surface area (Å²) in [4.78, 5) is 16.4. The fourth-order valence-electron chi connectivity index (χ4n) is 2.59.